The first-order valence-corrected chi connectivity index (χ1v) is 6.98. The van der Waals surface area contributed by atoms with Crippen LogP contribution in [0.15, 0.2) is 30.3 Å². The number of Topliss-reactive ketones (excluding diaryl/α,β-unsaturated/α-hetero) is 1. The summed E-state index contributed by atoms with van der Waals surface area (Å²) < 4.78 is 5.46. The van der Waals surface area contributed by atoms with Gasteiger partial charge in [-0.05, 0) is 37.2 Å². The first kappa shape index (κ1) is 11.9. The minimum absolute atomic E-state index is 0.262. The lowest BCUT2D eigenvalue weighted by atomic mass is 9.70. The van der Waals surface area contributed by atoms with Crippen molar-refractivity contribution in [1.29, 1.82) is 0 Å². The van der Waals surface area contributed by atoms with E-state index in [9.17, 15) is 4.79 Å². The van der Waals surface area contributed by atoms with Gasteiger partial charge < -0.3 is 4.74 Å². The summed E-state index contributed by atoms with van der Waals surface area (Å²) in [4.78, 5) is 12.7. The van der Waals surface area contributed by atoms with Crippen LogP contribution in [-0.4, -0.2) is 19.0 Å². The second kappa shape index (κ2) is 4.85. The Balaban J connectivity index is 1.89. The molecule has 0 N–H and O–H groups in total. The third-order valence-corrected chi connectivity index (χ3v) is 4.38. The lowest BCUT2D eigenvalue weighted by molar-refractivity contribution is -0.128. The highest BCUT2D eigenvalue weighted by Crippen LogP contribution is 2.41. The van der Waals surface area contributed by atoms with E-state index in [0.29, 0.717) is 24.9 Å². The fourth-order valence-electron chi connectivity index (χ4n) is 2.99. The third-order valence-electron chi connectivity index (χ3n) is 4.38. The van der Waals surface area contributed by atoms with Crippen molar-refractivity contribution in [1.82, 2.24) is 0 Å². The van der Waals surface area contributed by atoms with E-state index in [1.807, 2.05) is 18.2 Å². The molecule has 18 heavy (non-hydrogen) atoms. The molecular formula is C16H20O2. The largest absolute Gasteiger partial charge is 0.381 e. The lowest BCUT2D eigenvalue weighted by Gasteiger charge is -2.36. The van der Waals surface area contributed by atoms with Crippen LogP contribution in [0.2, 0.25) is 0 Å². The van der Waals surface area contributed by atoms with Gasteiger partial charge >= 0.3 is 0 Å². The molecule has 1 heterocycles. The maximum Gasteiger partial charge on any atom is 0.143 e. The Kier molecular flexibility index (Phi) is 3.21. The average Bonchev–Trinajstić information content (AvgIpc) is 3.24. The molecule has 1 saturated carbocycles. The average molecular weight is 244 g/mol. The van der Waals surface area contributed by atoms with Crippen LogP contribution in [0, 0.1) is 5.92 Å². The highest BCUT2D eigenvalue weighted by molar-refractivity contribution is 5.90. The van der Waals surface area contributed by atoms with Gasteiger partial charge in [-0.3, -0.25) is 4.79 Å². The summed E-state index contributed by atoms with van der Waals surface area (Å²) in [5.74, 6) is 1.11. The van der Waals surface area contributed by atoms with E-state index in [-0.39, 0.29) is 5.41 Å². The van der Waals surface area contributed by atoms with Gasteiger partial charge in [-0.2, -0.15) is 0 Å². The molecule has 1 aromatic carbocycles. The Morgan fingerprint density at radius 3 is 2.44 bits per heavy atom. The van der Waals surface area contributed by atoms with Crippen LogP contribution < -0.4 is 0 Å². The van der Waals surface area contributed by atoms with Crippen molar-refractivity contribution in [3.05, 3.63) is 35.9 Å². The van der Waals surface area contributed by atoms with Crippen LogP contribution in [-0.2, 0) is 14.9 Å². The van der Waals surface area contributed by atoms with Gasteiger partial charge in [0.15, 0.2) is 0 Å². The molecule has 0 bridgehead atoms. The van der Waals surface area contributed by atoms with Crippen molar-refractivity contribution in [2.24, 2.45) is 5.92 Å². The fourth-order valence-corrected chi connectivity index (χ4v) is 2.99. The summed E-state index contributed by atoms with van der Waals surface area (Å²) >= 11 is 0. The molecule has 0 aromatic heterocycles. The smallest absolute Gasteiger partial charge is 0.143 e. The van der Waals surface area contributed by atoms with E-state index >= 15 is 0 Å². The molecule has 1 aliphatic heterocycles. The van der Waals surface area contributed by atoms with E-state index in [0.717, 1.165) is 19.3 Å². The van der Waals surface area contributed by atoms with Gasteiger partial charge in [0.2, 0.25) is 0 Å². The van der Waals surface area contributed by atoms with E-state index in [4.69, 9.17) is 4.74 Å². The molecular weight excluding hydrogens is 224 g/mol. The van der Waals surface area contributed by atoms with Crippen LogP contribution in [0.4, 0.5) is 0 Å². The molecule has 0 spiro atoms. The first-order valence-electron chi connectivity index (χ1n) is 6.98. The number of carbonyl (C=O) groups excluding carboxylic acids is 1. The van der Waals surface area contributed by atoms with Crippen molar-refractivity contribution >= 4 is 5.78 Å². The molecule has 0 radical (unpaired) electrons. The Bertz CT molecular complexity index is 414. The number of ketones is 1. The number of carbonyl (C=O) groups is 1. The minimum atomic E-state index is -0.262. The monoisotopic (exact) mass is 244 g/mol. The summed E-state index contributed by atoms with van der Waals surface area (Å²) in [7, 11) is 0. The van der Waals surface area contributed by atoms with Crippen molar-refractivity contribution < 1.29 is 9.53 Å². The summed E-state index contributed by atoms with van der Waals surface area (Å²) in [5.41, 5.74) is 0.932. The summed E-state index contributed by atoms with van der Waals surface area (Å²) in [6, 6.07) is 10.3. The highest BCUT2D eigenvalue weighted by atomic mass is 16.5. The molecule has 0 atom stereocenters. The van der Waals surface area contributed by atoms with Crippen LogP contribution in [0.1, 0.15) is 37.7 Å². The molecule has 1 aliphatic carbocycles. The summed E-state index contributed by atoms with van der Waals surface area (Å²) in [6.45, 7) is 1.43. The third kappa shape index (κ3) is 2.22. The Labute approximate surface area is 108 Å². The van der Waals surface area contributed by atoms with Gasteiger partial charge in [0.05, 0.1) is 5.41 Å². The van der Waals surface area contributed by atoms with Crippen molar-refractivity contribution in [2.75, 3.05) is 13.2 Å². The molecule has 2 aliphatic rings. The van der Waals surface area contributed by atoms with E-state index in [2.05, 4.69) is 12.1 Å². The number of rotatable bonds is 4. The molecule has 0 amide bonds. The minimum Gasteiger partial charge on any atom is -0.381 e. The number of hydrogen-bond acceptors (Lipinski definition) is 2. The van der Waals surface area contributed by atoms with E-state index < -0.39 is 0 Å². The van der Waals surface area contributed by atoms with Crippen molar-refractivity contribution in [3.8, 4) is 0 Å². The van der Waals surface area contributed by atoms with Crippen molar-refractivity contribution in [2.45, 2.75) is 37.5 Å². The van der Waals surface area contributed by atoms with Crippen molar-refractivity contribution in [3.63, 3.8) is 0 Å². The van der Waals surface area contributed by atoms with Gasteiger partial charge in [0.25, 0.3) is 0 Å². The highest BCUT2D eigenvalue weighted by Gasteiger charge is 2.42. The second-order valence-corrected chi connectivity index (χ2v) is 5.63. The van der Waals surface area contributed by atoms with Gasteiger partial charge in [-0.25, -0.2) is 0 Å². The maximum absolute atomic E-state index is 12.7. The Morgan fingerprint density at radius 2 is 1.83 bits per heavy atom. The van der Waals surface area contributed by atoms with Gasteiger partial charge in [0.1, 0.15) is 5.78 Å². The number of hydrogen-bond donors (Lipinski definition) is 0. The zero-order chi connectivity index (χ0) is 12.4. The Hall–Kier alpha value is -1.15. The second-order valence-electron chi connectivity index (χ2n) is 5.63. The first-order chi connectivity index (χ1) is 8.81. The summed E-state index contributed by atoms with van der Waals surface area (Å²) in [5, 5.41) is 0. The Morgan fingerprint density at radius 1 is 1.17 bits per heavy atom. The SMILES string of the molecule is O=C(CC1CC1)C1(c2ccccc2)CCOCC1. The van der Waals surface area contributed by atoms with Gasteiger partial charge in [-0.15, -0.1) is 0 Å². The van der Waals surface area contributed by atoms with E-state index in [1.165, 1.54) is 18.4 Å². The van der Waals surface area contributed by atoms with Crippen LogP contribution in [0.25, 0.3) is 0 Å². The molecule has 1 aromatic rings. The van der Waals surface area contributed by atoms with E-state index in [1.54, 1.807) is 0 Å². The molecule has 3 rings (SSSR count). The topological polar surface area (TPSA) is 26.3 Å². The van der Waals surface area contributed by atoms with Gasteiger partial charge in [-0.1, -0.05) is 30.3 Å². The van der Waals surface area contributed by atoms with Crippen LogP contribution in [0.5, 0.6) is 0 Å². The lowest BCUT2D eigenvalue weighted by Crippen LogP contribution is -2.41. The number of benzene rings is 1. The molecule has 2 nitrogen and oxygen atoms in total. The molecule has 0 unspecified atom stereocenters. The molecule has 1 saturated heterocycles. The summed E-state index contributed by atoms with van der Waals surface area (Å²) in [6.07, 6.45) is 4.96. The molecule has 2 fully saturated rings. The number of ether oxygens (including phenoxy) is 1. The molecule has 96 valence electrons. The standard InChI is InChI=1S/C16H20O2/c17-15(12-13-6-7-13)16(8-10-18-11-9-16)14-4-2-1-3-5-14/h1-5,13H,6-12H2. The normalized spacial score (nSPS) is 22.7. The quantitative estimate of drug-likeness (QED) is 0.813. The zero-order valence-corrected chi connectivity index (χ0v) is 10.7. The predicted molar refractivity (Wildman–Crippen MR) is 70.5 cm³/mol. The fraction of sp³-hybridized carbons (Fsp3) is 0.562. The predicted octanol–water partition coefficient (Wildman–Crippen LogP) is 3.10. The maximum atomic E-state index is 12.7. The van der Waals surface area contributed by atoms with Crippen LogP contribution in [0.3, 0.4) is 0 Å². The van der Waals surface area contributed by atoms with Gasteiger partial charge in [0, 0.05) is 19.6 Å². The van der Waals surface area contributed by atoms with Crippen LogP contribution >= 0.6 is 0 Å². The zero-order valence-electron chi connectivity index (χ0n) is 10.7. The molecule has 2 heteroatoms.